The molecule has 5 nitrogen and oxygen atoms in total. The molecule has 0 aliphatic heterocycles. The standard InChI is InChI=1S/C50H36N4O.Pd/c1-29(2)34-13-11-14-35(30(3)4)48(34)31-20-25-45-39(26-31)37-24-22-33(28-41(37)50-52-43-16-7-10-19-47(43)54(45)50)55-32-21-23-36-38-12-5-8-17-44(38)53-46-18-9-6-15-42(46)51-49(53)40(36)27-32;/h5-26,29-30H,1-4H3;/q-2;+2. The smallest absolute Gasteiger partial charge is 0.497 e. The first kappa shape index (κ1) is 34.4. The van der Waals surface area contributed by atoms with Gasteiger partial charge in [0, 0.05) is 22.5 Å². The Morgan fingerprint density at radius 1 is 0.482 bits per heavy atom. The van der Waals surface area contributed by atoms with E-state index in [0.717, 1.165) is 76.7 Å². The molecule has 6 heteroatoms. The van der Waals surface area contributed by atoms with E-state index in [1.54, 1.807) is 0 Å². The van der Waals surface area contributed by atoms with E-state index in [1.165, 1.54) is 22.3 Å². The molecule has 0 unspecified atom stereocenters. The van der Waals surface area contributed by atoms with Crippen molar-refractivity contribution in [3.8, 4) is 22.6 Å². The molecule has 0 N–H and O–H groups in total. The Kier molecular flexibility index (Phi) is 8.01. The summed E-state index contributed by atoms with van der Waals surface area (Å²) in [7, 11) is 0. The van der Waals surface area contributed by atoms with E-state index in [9.17, 15) is 0 Å². The van der Waals surface area contributed by atoms with E-state index in [0.29, 0.717) is 23.3 Å². The van der Waals surface area contributed by atoms with Crippen LogP contribution in [-0.4, -0.2) is 18.8 Å². The van der Waals surface area contributed by atoms with Crippen LogP contribution in [0.15, 0.2) is 133 Å². The number of ether oxygens (including phenoxy) is 1. The molecule has 0 aliphatic rings. The van der Waals surface area contributed by atoms with Gasteiger partial charge in [0.05, 0.1) is 33.4 Å². The number of rotatable bonds is 5. The first-order valence-electron chi connectivity index (χ1n) is 19.1. The summed E-state index contributed by atoms with van der Waals surface area (Å²) in [4.78, 5) is 10.3. The summed E-state index contributed by atoms with van der Waals surface area (Å²) in [6, 6.07) is 54.4. The molecule has 0 radical (unpaired) electrons. The minimum atomic E-state index is 0. The molecule has 0 amide bonds. The van der Waals surface area contributed by atoms with Gasteiger partial charge in [-0.05, 0) is 81.3 Å². The average molecular weight is 815 g/mol. The number of hydrogen-bond acceptors (Lipinski definition) is 3. The minimum absolute atomic E-state index is 0. The molecular weight excluding hydrogens is 779 g/mol. The summed E-state index contributed by atoms with van der Waals surface area (Å²) >= 11 is 0. The molecule has 0 atom stereocenters. The fraction of sp³-hybridized carbons (Fsp3) is 0.120. The van der Waals surface area contributed by atoms with Crippen molar-refractivity contribution in [2.75, 3.05) is 0 Å². The molecule has 4 aromatic heterocycles. The summed E-state index contributed by atoms with van der Waals surface area (Å²) in [5.74, 6) is 1.99. The zero-order valence-electron chi connectivity index (χ0n) is 31.4. The van der Waals surface area contributed by atoms with Crippen LogP contribution in [0, 0.1) is 12.1 Å². The van der Waals surface area contributed by atoms with Gasteiger partial charge in [0.1, 0.15) is 0 Å². The second kappa shape index (κ2) is 13.0. The second-order valence-corrected chi connectivity index (χ2v) is 15.2. The summed E-state index contributed by atoms with van der Waals surface area (Å²) < 4.78 is 11.2. The van der Waals surface area contributed by atoms with Crippen LogP contribution >= 0.6 is 0 Å². The maximum atomic E-state index is 6.66. The molecule has 7 aromatic carbocycles. The van der Waals surface area contributed by atoms with Gasteiger partial charge in [-0.2, -0.15) is 0 Å². The zero-order valence-corrected chi connectivity index (χ0v) is 32.9. The van der Waals surface area contributed by atoms with Crippen molar-refractivity contribution in [1.29, 1.82) is 0 Å². The largest absolute Gasteiger partial charge is 2.00 e. The summed E-state index contributed by atoms with van der Waals surface area (Å²) in [6.45, 7) is 9.14. The van der Waals surface area contributed by atoms with Gasteiger partial charge in [-0.1, -0.05) is 146 Å². The third kappa shape index (κ3) is 5.10. The predicted molar refractivity (Wildman–Crippen MR) is 227 cm³/mol. The van der Waals surface area contributed by atoms with Crippen molar-refractivity contribution in [1.82, 2.24) is 18.8 Å². The number of para-hydroxylation sites is 5. The Balaban J connectivity index is 0.00000384. The minimum Gasteiger partial charge on any atom is -0.497 e. The molecule has 0 spiro atoms. The van der Waals surface area contributed by atoms with Crippen LogP contribution < -0.4 is 4.74 Å². The first-order valence-corrected chi connectivity index (χ1v) is 19.1. The molecular formula is C50H36N4OPd. The normalized spacial score (nSPS) is 12.1. The summed E-state index contributed by atoms with van der Waals surface area (Å²) in [6.07, 6.45) is 0. The van der Waals surface area contributed by atoms with Crippen LogP contribution in [0.5, 0.6) is 11.5 Å². The van der Waals surface area contributed by atoms with Crippen molar-refractivity contribution in [2.45, 2.75) is 39.5 Å². The number of aromatic nitrogens is 4. The number of nitrogens with zero attached hydrogens (tertiary/aromatic N) is 4. The van der Waals surface area contributed by atoms with Gasteiger partial charge in [0.25, 0.3) is 0 Å². The van der Waals surface area contributed by atoms with Gasteiger partial charge in [-0.15, -0.1) is 12.1 Å². The van der Waals surface area contributed by atoms with Crippen LogP contribution in [0.1, 0.15) is 50.7 Å². The molecule has 4 heterocycles. The van der Waals surface area contributed by atoms with Crippen LogP contribution in [-0.2, 0) is 20.4 Å². The molecule has 0 fully saturated rings. The predicted octanol–water partition coefficient (Wildman–Crippen LogP) is 13.2. The van der Waals surface area contributed by atoms with Crippen molar-refractivity contribution in [3.05, 3.63) is 157 Å². The van der Waals surface area contributed by atoms with E-state index in [2.05, 4.69) is 158 Å². The van der Waals surface area contributed by atoms with Gasteiger partial charge in [-0.25, -0.2) is 0 Å². The van der Waals surface area contributed by atoms with Gasteiger partial charge < -0.3 is 13.5 Å². The fourth-order valence-electron chi connectivity index (χ4n) is 8.75. The van der Waals surface area contributed by atoms with Crippen molar-refractivity contribution in [3.63, 3.8) is 0 Å². The number of imidazole rings is 2. The molecule has 0 bridgehead atoms. The zero-order chi connectivity index (χ0) is 36.9. The molecule has 56 heavy (non-hydrogen) atoms. The van der Waals surface area contributed by atoms with Gasteiger partial charge in [0.15, 0.2) is 0 Å². The third-order valence-electron chi connectivity index (χ3n) is 11.3. The Hall–Kier alpha value is -6.06. The van der Waals surface area contributed by atoms with Crippen LogP contribution in [0.25, 0.3) is 87.8 Å². The molecule has 0 aliphatic carbocycles. The molecule has 0 saturated heterocycles. The van der Waals surface area contributed by atoms with Gasteiger partial charge >= 0.3 is 20.4 Å². The van der Waals surface area contributed by atoms with Crippen LogP contribution in [0.3, 0.4) is 0 Å². The van der Waals surface area contributed by atoms with Crippen molar-refractivity contribution < 1.29 is 25.2 Å². The number of hydrogen-bond donors (Lipinski definition) is 0. The van der Waals surface area contributed by atoms with Crippen LogP contribution in [0.2, 0.25) is 0 Å². The molecule has 11 aromatic rings. The quantitative estimate of drug-likeness (QED) is 0.0987. The SMILES string of the molecule is CC(C)c1cccc(C(C)C)c1-c1ccc2c(c1)c1ccc(Oc3[c-]c4c(cc3)c3ccccc3n3c5ccccc5nc43)[c-]c1c1nc3ccccc3n21.[Pd+2]. The Morgan fingerprint density at radius 3 is 1.55 bits per heavy atom. The van der Waals surface area contributed by atoms with Crippen molar-refractivity contribution in [2.24, 2.45) is 0 Å². The van der Waals surface area contributed by atoms with Crippen molar-refractivity contribution >= 4 is 76.7 Å². The Bertz CT molecular complexity index is 3350. The molecule has 0 saturated carbocycles. The number of benzene rings is 7. The average Bonchev–Trinajstić information content (AvgIpc) is 3.81. The van der Waals surface area contributed by atoms with E-state index in [-0.39, 0.29) is 20.4 Å². The summed E-state index contributed by atoms with van der Waals surface area (Å²) in [5.41, 5.74) is 13.3. The van der Waals surface area contributed by atoms with Gasteiger partial charge in [0.2, 0.25) is 0 Å². The Morgan fingerprint density at radius 2 is 0.982 bits per heavy atom. The molecule has 272 valence electrons. The monoisotopic (exact) mass is 814 g/mol. The first-order chi connectivity index (χ1) is 26.9. The number of fused-ring (bicyclic) bond motifs is 16. The maximum Gasteiger partial charge on any atom is 2.00 e. The van der Waals surface area contributed by atoms with E-state index in [4.69, 9.17) is 14.7 Å². The topological polar surface area (TPSA) is 43.8 Å². The van der Waals surface area contributed by atoms with E-state index in [1.807, 2.05) is 24.3 Å². The summed E-state index contributed by atoms with van der Waals surface area (Å²) in [5, 5.41) is 6.28. The van der Waals surface area contributed by atoms with Gasteiger partial charge in [-0.3, -0.25) is 9.97 Å². The Labute approximate surface area is 337 Å². The fourth-order valence-corrected chi connectivity index (χ4v) is 8.75. The second-order valence-electron chi connectivity index (χ2n) is 15.2. The maximum absolute atomic E-state index is 6.66. The van der Waals surface area contributed by atoms with E-state index >= 15 is 0 Å². The third-order valence-corrected chi connectivity index (χ3v) is 11.3. The number of pyridine rings is 2. The van der Waals surface area contributed by atoms with Crippen LogP contribution in [0.4, 0.5) is 0 Å². The van der Waals surface area contributed by atoms with E-state index < -0.39 is 0 Å². The molecule has 11 rings (SSSR count).